The second-order valence-corrected chi connectivity index (χ2v) is 9.09. The quantitative estimate of drug-likeness (QED) is 0.190. The predicted molar refractivity (Wildman–Crippen MR) is 141 cm³/mol. The lowest BCUT2D eigenvalue weighted by Gasteiger charge is -2.24. The molecule has 5 heteroatoms. The standard InChI is InChI=1S/C28H44N4O/c1-8-13-22(5)20-24(29-9-2)17-18-26-28(30-31-32(26)7)23(6)16-19-27(21(3)4)33-25-14-11-10-12-15-25/h9,16,19-20,25,30-31H,3,5,8,10-15,17-18H2,1-2,4,6-7H3/b23-16+,24-20-,27-19+,29-9-. The van der Waals surface area contributed by atoms with Crippen molar-refractivity contribution in [1.82, 2.24) is 16.0 Å². The zero-order chi connectivity index (χ0) is 24.2. The molecule has 0 aromatic heterocycles. The molecule has 0 bridgehead atoms. The molecule has 1 aliphatic carbocycles. The maximum Gasteiger partial charge on any atom is 0.122 e. The van der Waals surface area contributed by atoms with Crippen molar-refractivity contribution in [2.45, 2.75) is 91.6 Å². The van der Waals surface area contributed by atoms with Crippen molar-refractivity contribution in [3.05, 3.63) is 71.0 Å². The Kier molecular flexibility index (Phi) is 11.2. The van der Waals surface area contributed by atoms with Gasteiger partial charge in [-0.2, -0.15) is 0 Å². The highest BCUT2D eigenvalue weighted by Crippen LogP contribution is 2.27. The van der Waals surface area contributed by atoms with Gasteiger partial charge in [0, 0.05) is 19.0 Å². The molecule has 0 unspecified atom stereocenters. The van der Waals surface area contributed by atoms with Crippen molar-refractivity contribution in [2.24, 2.45) is 4.99 Å². The zero-order valence-corrected chi connectivity index (χ0v) is 21.5. The minimum Gasteiger partial charge on any atom is -0.490 e. The van der Waals surface area contributed by atoms with Gasteiger partial charge in [-0.15, -0.1) is 5.53 Å². The lowest BCUT2D eigenvalue weighted by Crippen LogP contribution is -2.34. The molecule has 2 rings (SSSR count). The average molecular weight is 453 g/mol. The van der Waals surface area contributed by atoms with E-state index in [4.69, 9.17) is 4.74 Å². The Morgan fingerprint density at radius 2 is 1.88 bits per heavy atom. The van der Waals surface area contributed by atoms with Crippen LogP contribution in [0.3, 0.4) is 0 Å². The minimum absolute atomic E-state index is 0.314. The van der Waals surface area contributed by atoms with Crippen LogP contribution in [0, 0.1) is 0 Å². The summed E-state index contributed by atoms with van der Waals surface area (Å²) in [4.78, 5) is 4.58. The molecule has 2 aliphatic rings. The van der Waals surface area contributed by atoms with E-state index in [-0.39, 0.29) is 0 Å². The number of nitrogens with one attached hydrogen (secondary N) is 2. The average Bonchev–Trinajstić information content (AvgIpc) is 3.16. The van der Waals surface area contributed by atoms with Gasteiger partial charge < -0.3 is 10.2 Å². The Hall–Kier alpha value is -2.53. The first-order valence-electron chi connectivity index (χ1n) is 12.4. The van der Waals surface area contributed by atoms with Crippen LogP contribution in [0.2, 0.25) is 0 Å². The summed E-state index contributed by atoms with van der Waals surface area (Å²) in [5.41, 5.74) is 13.2. The topological polar surface area (TPSA) is 48.9 Å². The SMILES string of the molecule is C=C(/C=C(CCC1=C(/C(C)=C/C=C(/OC2CCCCC2)C(=C)C)NNN1C)\N=C/C)CCC. The van der Waals surface area contributed by atoms with Crippen LogP contribution in [-0.4, -0.2) is 24.4 Å². The van der Waals surface area contributed by atoms with Gasteiger partial charge in [-0.25, -0.2) is 0 Å². The van der Waals surface area contributed by atoms with Gasteiger partial charge in [0.15, 0.2) is 0 Å². The largest absolute Gasteiger partial charge is 0.490 e. The summed E-state index contributed by atoms with van der Waals surface area (Å²) in [6.07, 6.45) is 18.4. The smallest absolute Gasteiger partial charge is 0.122 e. The molecule has 1 saturated carbocycles. The van der Waals surface area contributed by atoms with Crippen LogP contribution in [0.4, 0.5) is 0 Å². The summed E-state index contributed by atoms with van der Waals surface area (Å²) < 4.78 is 6.30. The number of ether oxygens (including phenoxy) is 1. The molecule has 0 aromatic carbocycles. The molecule has 0 atom stereocenters. The maximum atomic E-state index is 6.30. The number of hydrazine groups is 2. The third kappa shape index (κ3) is 8.73. The molecule has 1 heterocycles. The summed E-state index contributed by atoms with van der Waals surface area (Å²) in [6.45, 7) is 16.6. The number of rotatable bonds is 12. The van der Waals surface area contributed by atoms with Gasteiger partial charge in [0.25, 0.3) is 0 Å². The molecule has 0 aromatic rings. The molecule has 1 fully saturated rings. The van der Waals surface area contributed by atoms with Crippen LogP contribution in [0.5, 0.6) is 0 Å². The monoisotopic (exact) mass is 452 g/mol. The number of allylic oxidation sites excluding steroid dienone is 8. The third-order valence-electron chi connectivity index (χ3n) is 6.04. The summed E-state index contributed by atoms with van der Waals surface area (Å²) in [6, 6.07) is 0. The second kappa shape index (κ2) is 13.9. The Labute approximate surface area is 201 Å². The molecule has 0 radical (unpaired) electrons. The third-order valence-corrected chi connectivity index (χ3v) is 6.04. The van der Waals surface area contributed by atoms with Gasteiger partial charge in [0.1, 0.15) is 5.76 Å². The number of nitrogens with zero attached hydrogens (tertiary/aromatic N) is 2. The van der Waals surface area contributed by atoms with E-state index in [0.717, 1.165) is 72.4 Å². The molecule has 5 nitrogen and oxygen atoms in total. The lowest BCUT2D eigenvalue weighted by atomic mass is 9.97. The van der Waals surface area contributed by atoms with E-state index < -0.39 is 0 Å². The number of aliphatic imine (C=N–C) groups is 1. The highest BCUT2D eigenvalue weighted by Gasteiger charge is 2.20. The molecular weight excluding hydrogens is 408 g/mol. The van der Waals surface area contributed by atoms with Gasteiger partial charge in [-0.3, -0.25) is 10.0 Å². The van der Waals surface area contributed by atoms with Crippen LogP contribution in [0.1, 0.15) is 85.5 Å². The molecule has 0 spiro atoms. The van der Waals surface area contributed by atoms with E-state index >= 15 is 0 Å². The fourth-order valence-corrected chi connectivity index (χ4v) is 4.21. The Bertz CT molecular complexity index is 838. The summed E-state index contributed by atoms with van der Waals surface area (Å²) in [5.74, 6) is 0.889. The van der Waals surface area contributed by atoms with Crippen LogP contribution >= 0.6 is 0 Å². The Morgan fingerprint density at radius 3 is 2.52 bits per heavy atom. The van der Waals surface area contributed by atoms with Crippen molar-refractivity contribution in [3.8, 4) is 0 Å². The Balaban J connectivity index is 2.17. The summed E-state index contributed by atoms with van der Waals surface area (Å²) >= 11 is 0. The Morgan fingerprint density at radius 1 is 1.15 bits per heavy atom. The highest BCUT2D eigenvalue weighted by molar-refractivity contribution is 5.55. The first kappa shape index (κ1) is 26.7. The van der Waals surface area contributed by atoms with Crippen LogP contribution < -0.4 is 11.0 Å². The second-order valence-electron chi connectivity index (χ2n) is 9.09. The van der Waals surface area contributed by atoms with Crippen molar-refractivity contribution >= 4 is 6.21 Å². The van der Waals surface area contributed by atoms with E-state index in [1.54, 1.807) is 0 Å². The molecule has 2 N–H and O–H groups in total. The van der Waals surface area contributed by atoms with Gasteiger partial charge in [0.2, 0.25) is 0 Å². The van der Waals surface area contributed by atoms with Gasteiger partial charge >= 0.3 is 0 Å². The van der Waals surface area contributed by atoms with Crippen LogP contribution in [-0.2, 0) is 4.74 Å². The molecule has 1 aliphatic heterocycles. The van der Waals surface area contributed by atoms with E-state index in [1.807, 2.05) is 32.1 Å². The molecule has 33 heavy (non-hydrogen) atoms. The molecular formula is C28H44N4O. The van der Waals surface area contributed by atoms with Gasteiger partial charge in [-0.1, -0.05) is 44.6 Å². The summed E-state index contributed by atoms with van der Waals surface area (Å²) in [7, 11) is 2.03. The van der Waals surface area contributed by atoms with Crippen molar-refractivity contribution in [1.29, 1.82) is 0 Å². The van der Waals surface area contributed by atoms with Crippen LogP contribution in [0.15, 0.2) is 75.9 Å². The van der Waals surface area contributed by atoms with E-state index in [1.165, 1.54) is 25.0 Å². The van der Waals surface area contributed by atoms with E-state index in [0.29, 0.717) is 6.10 Å². The first-order valence-corrected chi connectivity index (χ1v) is 12.4. The van der Waals surface area contributed by atoms with Crippen molar-refractivity contribution in [2.75, 3.05) is 7.05 Å². The van der Waals surface area contributed by atoms with Crippen molar-refractivity contribution in [3.63, 3.8) is 0 Å². The fourth-order valence-electron chi connectivity index (χ4n) is 4.21. The molecule has 0 amide bonds. The fraction of sp³-hybridized carbons (Fsp3) is 0.536. The normalized spacial score (nSPS) is 18.8. The zero-order valence-electron chi connectivity index (χ0n) is 21.5. The number of hydrogen-bond acceptors (Lipinski definition) is 5. The predicted octanol–water partition coefficient (Wildman–Crippen LogP) is 7.02. The minimum atomic E-state index is 0.314. The van der Waals surface area contributed by atoms with E-state index in [9.17, 15) is 0 Å². The first-order chi connectivity index (χ1) is 15.8. The highest BCUT2D eigenvalue weighted by atomic mass is 16.5. The van der Waals surface area contributed by atoms with Crippen LogP contribution in [0.25, 0.3) is 0 Å². The van der Waals surface area contributed by atoms with Gasteiger partial charge in [-0.05, 0) is 89.0 Å². The van der Waals surface area contributed by atoms with Gasteiger partial charge in [0.05, 0.1) is 17.5 Å². The van der Waals surface area contributed by atoms with E-state index in [2.05, 4.69) is 61.2 Å². The number of hydrogen-bond donors (Lipinski definition) is 2. The maximum absolute atomic E-state index is 6.30. The summed E-state index contributed by atoms with van der Waals surface area (Å²) in [5, 5.41) is 2.04. The molecule has 182 valence electrons. The molecule has 0 saturated heterocycles. The van der Waals surface area contributed by atoms with Crippen molar-refractivity contribution < 1.29 is 4.74 Å². The lowest BCUT2D eigenvalue weighted by molar-refractivity contribution is 0.0876.